The molecule has 1 N–H and O–H groups in total. The van der Waals surface area contributed by atoms with Crippen molar-refractivity contribution >= 4 is 11.8 Å². The average Bonchev–Trinajstić information content (AvgIpc) is 3.70. The van der Waals surface area contributed by atoms with Gasteiger partial charge in [0.25, 0.3) is 5.91 Å². The molecular formula is C29H38N4O3. The largest absolute Gasteiger partial charge is 0.497 e. The second kappa shape index (κ2) is 11.0. The van der Waals surface area contributed by atoms with Gasteiger partial charge in [-0.1, -0.05) is 35.9 Å². The van der Waals surface area contributed by atoms with E-state index in [1.807, 2.05) is 28.0 Å². The predicted octanol–water partition coefficient (Wildman–Crippen LogP) is 3.07. The Labute approximate surface area is 214 Å². The first-order valence-electron chi connectivity index (χ1n) is 13.3. The van der Waals surface area contributed by atoms with Gasteiger partial charge in [-0.05, 0) is 62.9 Å². The lowest BCUT2D eigenvalue weighted by atomic mass is 10.1. The number of carbonyl (C=O) groups excluding carboxylic acids is 2. The summed E-state index contributed by atoms with van der Waals surface area (Å²) in [6, 6.07) is 16.2. The van der Waals surface area contributed by atoms with Crippen LogP contribution >= 0.6 is 0 Å². The van der Waals surface area contributed by atoms with Gasteiger partial charge in [-0.2, -0.15) is 0 Å². The van der Waals surface area contributed by atoms with E-state index in [2.05, 4.69) is 41.4 Å². The summed E-state index contributed by atoms with van der Waals surface area (Å²) < 4.78 is 5.36. The number of benzene rings is 2. The normalized spacial score (nSPS) is 22.5. The van der Waals surface area contributed by atoms with Gasteiger partial charge in [-0.15, -0.1) is 0 Å². The molecule has 2 amide bonds. The zero-order valence-electron chi connectivity index (χ0n) is 21.5. The van der Waals surface area contributed by atoms with Gasteiger partial charge in [0.2, 0.25) is 5.91 Å². The number of rotatable bonds is 7. The lowest BCUT2D eigenvalue weighted by Crippen LogP contribution is -2.48. The van der Waals surface area contributed by atoms with Crippen molar-refractivity contribution in [3.05, 3.63) is 65.2 Å². The van der Waals surface area contributed by atoms with Crippen molar-refractivity contribution in [3.8, 4) is 5.75 Å². The van der Waals surface area contributed by atoms with Crippen LogP contribution in [0.3, 0.4) is 0 Å². The molecule has 2 aromatic rings. The molecule has 2 atom stereocenters. The monoisotopic (exact) mass is 490 g/mol. The van der Waals surface area contributed by atoms with E-state index >= 15 is 0 Å². The van der Waals surface area contributed by atoms with Gasteiger partial charge >= 0.3 is 0 Å². The van der Waals surface area contributed by atoms with Crippen LogP contribution in [0, 0.1) is 6.92 Å². The molecule has 5 rings (SSSR count). The fourth-order valence-corrected chi connectivity index (χ4v) is 5.58. The Kier molecular flexibility index (Phi) is 7.58. The minimum absolute atomic E-state index is 0.0866. The summed E-state index contributed by atoms with van der Waals surface area (Å²) in [5, 5.41) is 3.38. The first-order valence-corrected chi connectivity index (χ1v) is 13.3. The van der Waals surface area contributed by atoms with Crippen molar-refractivity contribution in [2.24, 2.45) is 0 Å². The third kappa shape index (κ3) is 5.57. The van der Waals surface area contributed by atoms with E-state index in [4.69, 9.17) is 4.74 Å². The third-order valence-electron chi connectivity index (χ3n) is 7.76. The lowest BCUT2D eigenvalue weighted by molar-refractivity contribution is -0.135. The number of hydrogen-bond donors (Lipinski definition) is 1. The molecule has 2 unspecified atom stereocenters. The molecule has 2 heterocycles. The average molecular weight is 491 g/mol. The van der Waals surface area contributed by atoms with E-state index < -0.39 is 6.04 Å². The molecule has 1 saturated carbocycles. The Morgan fingerprint density at radius 3 is 2.61 bits per heavy atom. The van der Waals surface area contributed by atoms with Crippen LogP contribution in [0.25, 0.3) is 0 Å². The summed E-state index contributed by atoms with van der Waals surface area (Å²) in [7, 11) is 1.60. The summed E-state index contributed by atoms with van der Waals surface area (Å²) in [5.74, 6) is 0.648. The van der Waals surface area contributed by atoms with Crippen molar-refractivity contribution in [1.82, 2.24) is 20.0 Å². The number of carbonyl (C=O) groups is 2. The zero-order chi connectivity index (χ0) is 25.1. The molecule has 0 radical (unpaired) electrons. The molecule has 7 heteroatoms. The van der Waals surface area contributed by atoms with E-state index in [1.54, 1.807) is 13.2 Å². The van der Waals surface area contributed by atoms with Crippen LogP contribution in [-0.4, -0.2) is 84.5 Å². The van der Waals surface area contributed by atoms with Crippen LogP contribution in [0.5, 0.6) is 5.75 Å². The SMILES string of the molecule is COc1cccc(C(=O)N2CC(N(Cc3ccc(C)cc3)C3CC3)CC2C(=O)N2CCCNCC2)c1. The highest BCUT2D eigenvalue weighted by molar-refractivity contribution is 5.98. The molecule has 0 bridgehead atoms. The lowest BCUT2D eigenvalue weighted by Gasteiger charge is -2.29. The van der Waals surface area contributed by atoms with Gasteiger partial charge in [0, 0.05) is 50.4 Å². The molecule has 192 valence electrons. The van der Waals surface area contributed by atoms with Crippen molar-refractivity contribution in [3.63, 3.8) is 0 Å². The number of hydrogen-bond acceptors (Lipinski definition) is 5. The Bertz CT molecular complexity index is 1060. The summed E-state index contributed by atoms with van der Waals surface area (Å²) in [6.45, 7) is 6.69. The summed E-state index contributed by atoms with van der Waals surface area (Å²) >= 11 is 0. The number of methoxy groups -OCH3 is 1. The second-order valence-corrected chi connectivity index (χ2v) is 10.4. The first-order chi connectivity index (χ1) is 17.5. The van der Waals surface area contributed by atoms with Crippen LogP contribution in [0.4, 0.5) is 0 Å². The highest BCUT2D eigenvalue weighted by Gasteiger charge is 2.46. The van der Waals surface area contributed by atoms with Gasteiger partial charge in [0.15, 0.2) is 0 Å². The maximum atomic E-state index is 13.8. The van der Waals surface area contributed by atoms with Crippen molar-refractivity contribution in [2.75, 3.05) is 39.8 Å². The van der Waals surface area contributed by atoms with Crippen molar-refractivity contribution in [2.45, 2.75) is 57.3 Å². The van der Waals surface area contributed by atoms with Gasteiger partial charge in [-0.25, -0.2) is 0 Å². The van der Waals surface area contributed by atoms with E-state index in [0.717, 1.165) is 32.6 Å². The number of amides is 2. The maximum Gasteiger partial charge on any atom is 0.254 e. The summed E-state index contributed by atoms with van der Waals surface area (Å²) in [5.41, 5.74) is 3.11. The Morgan fingerprint density at radius 1 is 1.06 bits per heavy atom. The number of likely N-dealkylation sites (tertiary alicyclic amines) is 1. The van der Waals surface area contributed by atoms with E-state index in [-0.39, 0.29) is 17.9 Å². The molecule has 1 aliphatic carbocycles. The summed E-state index contributed by atoms with van der Waals surface area (Å²) in [6.07, 6.45) is 3.99. The second-order valence-electron chi connectivity index (χ2n) is 10.4. The molecular weight excluding hydrogens is 452 g/mol. The molecule has 0 spiro atoms. The molecule has 36 heavy (non-hydrogen) atoms. The Morgan fingerprint density at radius 2 is 1.86 bits per heavy atom. The zero-order valence-corrected chi connectivity index (χ0v) is 21.5. The molecule has 3 aliphatic rings. The maximum absolute atomic E-state index is 13.8. The minimum atomic E-state index is -0.439. The molecule has 2 aliphatic heterocycles. The van der Waals surface area contributed by atoms with Gasteiger partial charge in [0.1, 0.15) is 11.8 Å². The van der Waals surface area contributed by atoms with E-state index in [1.165, 1.54) is 24.0 Å². The van der Waals surface area contributed by atoms with Crippen LogP contribution in [0.2, 0.25) is 0 Å². The van der Waals surface area contributed by atoms with Crippen LogP contribution in [-0.2, 0) is 11.3 Å². The fraction of sp³-hybridized carbons (Fsp3) is 0.517. The third-order valence-corrected chi connectivity index (χ3v) is 7.76. The standard InChI is InChI=1S/C29H38N4O3/c1-21-7-9-22(10-8-21)19-32(24-11-12-24)25-18-27(29(35)31-15-4-13-30-14-16-31)33(20-25)28(34)23-5-3-6-26(17-23)36-2/h3,5-10,17,24-25,27,30H,4,11-16,18-20H2,1-2H3. The molecule has 0 aromatic heterocycles. The number of ether oxygens (including phenoxy) is 1. The first kappa shape index (κ1) is 24.8. The van der Waals surface area contributed by atoms with Crippen LogP contribution in [0.15, 0.2) is 48.5 Å². The minimum Gasteiger partial charge on any atom is -0.497 e. The molecule has 2 saturated heterocycles. The highest BCUT2D eigenvalue weighted by atomic mass is 16.5. The Balaban J connectivity index is 1.41. The van der Waals surface area contributed by atoms with Gasteiger partial charge < -0.3 is 19.9 Å². The number of nitrogens with zero attached hydrogens (tertiary/aromatic N) is 3. The molecule has 7 nitrogen and oxygen atoms in total. The predicted molar refractivity (Wildman–Crippen MR) is 140 cm³/mol. The van der Waals surface area contributed by atoms with Gasteiger partial charge in [-0.3, -0.25) is 14.5 Å². The quantitative estimate of drug-likeness (QED) is 0.646. The molecule has 2 aromatic carbocycles. The van der Waals surface area contributed by atoms with Gasteiger partial charge in [0.05, 0.1) is 7.11 Å². The van der Waals surface area contributed by atoms with Crippen molar-refractivity contribution < 1.29 is 14.3 Å². The van der Waals surface area contributed by atoms with E-state index in [9.17, 15) is 9.59 Å². The highest BCUT2D eigenvalue weighted by Crippen LogP contribution is 2.36. The smallest absolute Gasteiger partial charge is 0.254 e. The number of nitrogens with one attached hydrogen (secondary N) is 1. The number of aryl methyl sites for hydroxylation is 1. The van der Waals surface area contributed by atoms with Crippen molar-refractivity contribution in [1.29, 1.82) is 0 Å². The Hall–Kier alpha value is -2.90. The topological polar surface area (TPSA) is 65.1 Å². The summed E-state index contributed by atoms with van der Waals surface area (Å²) in [4.78, 5) is 34.0. The van der Waals surface area contributed by atoms with Crippen LogP contribution in [0.1, 0.15) is 47.2 Å². The molecule has 3 fully saturated rings. The van der Waals surface area contributed by atoms with E-state index in [0.29, 0.717) is 36.9 Å². The fourth-order valence-electron chi connectivity index (χ4n) is 5.58. The van der Waals surface area contributed by atoms with Crippen LogP contribution < -0.4 is 10.1 Å².